The van der Waals surface area contributed by atoms with Crippen LogP contribution in [0.2, 0.25) is 0 Å². The van der Waals surface area contributed by atoms with Crippen molar-refractivity contribution in [2.75, 3.05) is 22.9 Å². The molecule has 0 atom stereocenters. The number of amides is 1. The van der Waals surface area contributed by atoms with Gasteiger partial charge in [0.05, 0.1) is 11.0 Å². The number of aromatic nitrogens is 2. The number of nitrogens with zero attached hydrogens (tertiary/aromatic N) is 2. The summed E-state index contributed by atoms with van der Waals surface area (Å²) in [6, 6.07) is 20.1. The molecule has 3 rings (SSSR count). The zero-order valence-electron chi connectivity index (χ0n) is 20.4. The van der Waals surface area contributed by atoms with Gasteiger partial charge in [0.25, 0.3) is 5.56 Å². The molecule has 0 bridgehead atoms. The number of rotatable bonds is 12. The molecule has 35 heavy (non-hydrogen) atoms. The average molecular weight is 495 g/mol. The van der Waals surface area contributed by atoms with Crippen LogP contribution in [-0.4, -0.2) is 27.8 Å². The number of nitrogen functional groups attached to an aromatic ring is 1. The molecule has 1 aromatic heterocycles. The number of aromatic amines is 1. The maximum absolute atomic E-state index is 13.5. The highest BCUT2D eigenvalue weighted by atomic mass is 32.2. The molecule has 3 N–H and O–H groups in total. The van der Waals surface area contributed by atoms with E-state index in [-0.39, 0.29) is 28.4 Å². The summed E-state index contributed by atoms with van der Waals surface area (Å²) in [6.07, 6.45) is 3.17. The van der Waals surface area contributed by atoms with E-state index < -0.39 is 11.2 Å². The molecule has 0 aliphatic rings. The summed E-state index contributed by atoms with van der Waals surface area (Å²) in [4.78, 5) is 42.6. The molecule has 2 aromatic carbocycles. The number of nitrogens with two attached hydrogens (primary N) is 1. The van der Waals surface area contributed by atoms with Crippen LogP contribution in [0.15, 0.2) is 70.3 Å². The zero-order chi connectivity index (χ0) is 25.2. The zero-order valence-corrected chi connectivity index (χ0v) is 21.2. The summed E-state index contributed by atoms with van der Waals surface area (Å²) in [5.41, 5.74) is 7.41. The lowest BCUT2D eigenvalue weighted by atomic mass is 10.0. The van der Waals surface area contributed by atoms with Crippen molar-refractivity contribution < 1.29 is 4.79 Å². The third kappa shape index (κ3) is 6.66. The summed E-state index contributed by atoms with van der Waals surface area (Å²) in [6.45, 7) is 4.78. The predicted molar refractivity (Wildman–Crippen MR) is 145 cm³/mol. The minimum absolute atomic E-state index is 0.0384. The number of H-pyrrole nitrogens is 1. The van der Waals surface area contributed by atoms with Crippen LogP contribution in [-0.2, 0) is 11.3 Å². The first kappa shape index (κ1) is 26.3. The number of thioether (sulfide) groups is 1. The molecule has 8 heteroatoms. The Morgan fingerprint density at radius 2 is 1.54 bits per heavy atom. The van der Waals surface area contributed by atoms with Crippen LogP contribution in [0.4, 0.5) is 11.5 Å². The Kier molecular flexibility index (Phi) is 9.78. The quantitative estimate of drug-likeness (QED) is 0.384. The fraction of sp³-hybridized carbons (Fsp3) is 0.370. The van der Waals surface area contributed by atoms with Gasteiger partial charge in [-0.05, 0) is 24.0 Å². The standard InChI is InChI=1S/C27H34N4O3S/c1-3-5-17-30(23-25(28)31(18-6-4-2)27(34)29-26(23)33)22(32)19-35-24(20-13-9-7-10-14-20)21-15-11-8-12-16-21/h7-16,24H,3-6,17-19,28H2,1-2H3,(H,29,33,34). The van der Waals surface area contributed by atoms with Crippen molar-refractivity contribution in [3.8, 4) is 0 Å². The first-order valence-electron chi connectivity index (χ1n) is 12.1. The molecule has 0 saturated carbocycles. The number of hydrogen-bond donors (Lipinski definition) is 2. The van der Waals surface area contributed by atoms with Gasteiger partial charge in [0.1, 0.15) is 5.82 Å². The number of anilines is 2. The van der Waals surface area contributed by atoms with E-state index in [0.717, 1.165) is 30.4 Å². The highest BCUT2D eigenvalue weighted by Crippen LogP contribution is 2.36. The van der Waals surface area contributed by atoms with Gasteiger partial charge < -0.3 is 10.6 Å². The van der Waals surface area contributed by atoms with E-state index in [4.69, 9.17) is 5.73 Å². The monoisotopic (exact) mass is 494 g/mol. The van der Waals surface area contributed by atoms with Crippen molar-refractivity contribution >= 4 is 29.2 Å². The second-order valence-corrected chi connectivity index (χ2v) is 9.50. The number of carbonyl (C=O) groups excluding carboxylic acids is 1. The Hall–Kier alpha value is -3.26. The van der Waals surface area contributed by atoms with E-state index in [9.17, 15) is 14.4 Å². The van der Waals surface area contributed by atoms with E-state index in [1.807, 2.05) is 50.2 Å². The summed E-state index contributed by atoms with van der Waals surface area (Å²) < 4.78 is 1.36. The number of benzene rings is 2. The molecular formula is C27H34N4O3S. The second kappa shape index (κ2) is 13.0. The van der Waals surface area contributed by atoms with Crippen molar-refractivity contribution in [3.63, 3.8) is 0 Å². The Morgan fingerprint density at radius 1 is 0.971 bits per heavy atom. The molecule has 1 amide bonds. The van der Waals surface area contributed by atoms with Gasteiger partial charge in [0.2, 0.25) is 5.91 Å². The lowest BCUT2D eigenvalue weighted by Crippen LogP contribution is -2.42. The lowest BCUT2D eigenvalue weighted by Gasteiger charge is -2.25. The summed E-state index contributed by atoms with van der Waals surface area (Å²) in [5.74, 6) is -0.00646. The van der Waals surface area contributed by atoms with Gasteiger partial charge in [-0.15, -0.1) is 11.8 Å². The van der Waals surface area contributed by atoms with Crippen LogP contribution in [0.1, 0.15) is 55.9 Å². The summed E-state index contributed by atoms with van der Waals surface area (Å²) in [7, 11) is 0. The molecule has 0 aliphatic carbocycles. The van der Waals surface area contributed by atoms with Gasteiger partial charge >= 0.3 is 5.69 Å². The lowest BCUT2D eigenvalue weighted by molar-refractivity contribution is -0.116. The van der Waals surface area contributed by atoms with Crippen molar-refractivity contribution in [3.05, 3.63) is 92.6 Å². The Morgan fingerprint density at radius 3 is 2.09 bits per heavy atom. The smallest absolute Gasteiger partial charge is 0.330 e. The molecule has 3 aromatic rings. The third-order valence-electron chi connectivity index (χ3n) is 5.83. The maximum atomic E-state index is 13.5. The largest absolute Gasteiger partial charge is 0.383 e. The molecule has 0 unspecified atom stereocenters. The minimum Gasteiger partial charge on any atom is -0.383 e. The highest BCUT2D eigenvalue weighted by molar-refractivity contribution is 8.00. The second-order valence-electron chi connectivity index (χ2n) is 8.41. The fourth-order valence-corrected chi connectivity index (χ4v) is 5.09. The van der Waals surface area contributed by atoms with E-state index in [1.54, 1.807) is 0 Å². The molecule has 186 valence electrons. The third-order valence-corrected chi connectivity index (χ3v) is 7.13. The number of nitrogens with one attached hydrogen (secondary N) is 1. The Labute approximate surface area is 210 Å². The molecule has 0 saturated heterocycles. The van der Waals surface area contributed by atoms with Crippen LogP contribution < -0.4 is 21.9 Å². The van der Waals surface area contributed by atoms with Crippen LogP contribution in [0.25, 0.3) is 0 Å². The molecule has 0 aliphatic heterocycles. The van der Waals surface area contributed by atoms with Gasteiger partial charge in [0, 0.05) is 13.1 Å². The Balaban J connectivity index is 1.92. The molecule has 1 heterocycles. The Bertz CT molecular complexity index is 1170. The summed E-state index contributed by atoms with van der Waals surface area (Å²) in [5, 5.41) is -0.0384. The van der Waals surface area contributed by atoms with Gasteiger partial charge in [-0.2, -0.15) is 0 Å². The molecule has 7 nitrogen and oxygen atoms in total. The number of hydrogen-bond acceptors (Lipinski definition) is 5. The molecule has 0 fully saturated rings. The minimum atomic E-state index is -0.627. The maximum Gasteiger partial charge on any atom is 0.330 e. The first-order chi connectivity index (χ1) is 17.0. The summed E-state index contributed by atoms with van der Waals surface area (Å²) >= 11 is 1.51. The van der Waals surface area contributed by atoms with E-state index in [1.165, 1.54) is 21.2 Å². The van der Waals surface area contributed by atoms with Crippen molar-refractivity contribution in [1.29, 1.82) is 0 Å². The topological polar surface area (TPSA) is 101 Å². The van der Waals surface area contributed by atoms with Crippen molar-refractivity contribution in [2.24, 2.45) is 0 Å². The van der Waals surface area contributed by atoms with Gasteiger partial charge in [0.15, 0.2) is 5.69 Å². The number of unbranched alkanes of at least 4 members (excludes halogenated alkanes) is 2. The first-order valence-corrected chi connectivity index (χ1v) is 13.2. The highest BCUT2D eigenvalue weighted by Gasteiger charge is 2.25. The van der Waals surface area contributed by atoms with Gasteiger partial charge in [-0.3, -0.25) is 19.1 Å². The molecular weight excluding hydrogens is 460 g/mol. The van der Waals surface area contributed by atoms with Crippen LogP contribution in [0, 0.1) is 0 Å². The van der Waals surface area contributed by atoms with Crippen molar-refractivity contribution in [1.82, 2.24) is 9.55 Å². The normalized spacial score (nSPS) is 11.1. The van der Waals surface area contributed by atoms with Crippen molar-refractivity contribution in [2.45, 2.75) is 51.3 Å². The average Bonchev–Trinajstić information content (AvgIpc) is 2.87. The van der Waals surface area contributed by atoms with E-state index in [0.29, 0.717) is 19.5 Å². The predicted octanol–water partition coefficient (Wildman–Crippen LogP) is 4.57. The van der Waals surface area contributed by atoms with Crippen LogP contribution in [0.5, 0.6) is 0 Å². The van der Waals surface area contributed by atoms with Crippen LogP contribution >= 0.6 is 11.8 Å². The van der Waals surface area contributed by atoms with E-state index >= 15 is 0 Å². The van der Waals surface area contributed by atoms with Crippen LogP contribution in [0.3, 0.4) is 0 Å². The SMILES string of the molecule is CCCCN(C(=O)CSC(c1ccccc1)c1ccccc1)c1c(N)n(CCCC)c(=O)[nH]c1=O. The fourth-order valence-electron chi connectivity index (χ4n) is 3.93. The van der Waals surface area contributed by atoms with Gasteiger partial charge in [-0.1, -0.05) is 87.4 Å². The molecule has 0 spiro atoms. The van der Waals surface area contributed by atoms with Gasteiger partial charge in [-0.25, -0.2) is 4.79 Å². The molecule has 0 radical (unpaired) electrons. The number of carbonyl (C=O) groups is 1. The van der Waals surface area contributed by atoms with E-state index in [2.05, 4.69) is 29.2 Å².